The van der Waals surface area contributed by atoms with Gasteiger partial charge in [-0.25, -0.2) is 0 Å². The predicted octanol–water partition coefficient (Wildman–Crippen LogP) is 9.14. The maximum absolute atomic E-state index is 6.42. The number of hydrogen-bond acceptors (Lipinski definition) is 3. The van der Waals surface area contributed by atoms with Crippen LogP contribution < -0.4 is 0 Å². The van der Waals surface area contributed by atoms with E-state index < -0.39 is 0 Å². The van der Waals surface area contributed by atoms with Crippen molar-refractivity contribution >= 4 is 43.2 Å². The van der Waals surface area contributed by atoms with E-state index in [4.69, 9.17) is 9.40 Å². The van der Waals surface area contributed by atoms with Gasteiger partial charge in [-0.05, 0) is 59.0 Å². The fraction of sp³-hybridized carbons (Fsp3) is 0.167. The molecule has 3 aromatic heterocycles. The smallest absolute Gasteiger partial charge is 0.138 e. The molecule has 0 fully saturated rings. The molecule has 0 bridgehead atoms. The Morgan fingerprint density at radius 3 is 2.39 bits per heavy atom. The summed E-state index contributed by atoms with van der Waals surface area (Å²) >= 11 is 1.81. The van der Waals surface area contributed by atoms with Crippen LogP contribution in [0.1, 0.15) is 31.2 Å². The fourth-order valence-corrected chi connectivity index (χ4v) is 5.93. The summed E-state index contributed by atoms with van der Waals surface area (Å²) in [4.78, 5) is 6.10. The second-order valence-electron chi connectivity index (χ2n) is 9.71. The average Bonchev–Trinajstić information content (AvgIpc) is 3.37. The predicted molar refractivity (Wildman–Crippen MR) is 141 cm³/mol. The Balaban J connectivity index is 1.60. The summed E-state index contributed by atoms with van der Waals surface area (Å²) in [6.07, 6.45) is 1.86. The van der Waals surface area contributed by atoms with E-state index in [1.54, 1.807) is 0 Å². The quantitative estimate of drug-likeness (QED) is 0.264. The first-order valence-corrected chi connectivity index (χ1v) is 12.1. The summed E-state index contributed by atoms with van der Waals surface area (Å²) in [6, 6.07) is 25.9. The molecule has 0 saturated heterocycles. The van der Waals surface area contributed by atoms with E-state index in [-0.39, 0.29) is 5.41 Å². The van der Waals surface area contributed by atoms with E-state index in [1.807, 2.05) is 23.6 Å². The zero-order valence-electron chi connectivity index (χ0n) is 19.3. The van der Waals surface area contributed by atoms with Crippen LogP contribution in [0.5, 0.6) is 0 Å². The number of aryl methyl sites for hydroxylation is 1. The molecule has 0 saturated carbocycles. The van der Waals surface area contributed by atoms with Gasteiger partial charge in [0.2, 0.25) is 0 Å². The fourth-order valence-electron chi connectivity index (χ4n) is 4.86. The Bertz CT molecular complexity index is 1660. The van der Waals surface area contributed by atoms with Crippen LogP contribution in [-0.4, -0.2) is 4.98 Å². The summed E-state index contributed by atoms with van der Waals surface area (Å²) in [5.74, 6) is 0.908. The third kappa shape index (κ3) is 3.27. The number of hydrogen-bond donors (Lipinski definition) is 0. The summed E-state index contributed by atoms with van der Waals surface area (Å²) in [5, 5.41) is 4.84. The van der Waals surface area contributed by atoms with Crippen LogP contribution in [0.25, 0.3) is 54.4 Å². The van der Waals surface area contributed by atoms with Crippen molar-refractivity contribution in [1.29, 1.82) is 0 Å². The standard InChI is InChI=1S/C30H25NOS/c1-18-28(22-11-7-8-12-27(22)33-18)26-17-23-25(32-26)13-14-31-29(23)20-15-19-9-5-6-10-21(19)24(16-20)30(2,3)4/h5-17H,1-4H3. The normalized spacial score (nSPS) is 12.2. The lowest BCUT2D eigenvalue weighted by Crippen LogP contribution is -2.12. The van der Waals surface area contributed by atoms with Gasteiger partial charge in [0.15, 0.2) is 0 Å². The van der Waals surface area contributed by atoms with Gasteiger partial charge in [0, 0.05) is 37.7 Å². The lowest BCUT2D eigenvalue weighted by atomic mass is 9.82. The first kappa shape index (κ1) is 20.2. The third-order valence-electron chi connectivity index (χ3n) is 6.41. The van der Waals surface area contributed by atoms with Crippen molar-refractivity contribution in [1.82, 2.24) is 4.98 Å². The van der Waals surface area contributed by atoms with Crippen molar-refractivity contribution in [3.8, 4) is 22.6 Å². The molecule has 3 heteroatoms. The molecule has 33 heavy (non-hydrogen) atoms. The van der Waals surface area contributed by atoms with Crippen LogP contribution in [0, 0.1) is 6.92 Å². The Morgan fingerprint density at radius 1 is 0.818 bits per heavy atom. The van der Waals surface area contributed by atoms with Crippen LogP contribution in [0.4, 0.5) is 0 Å². The molecule has 3 heterocycles. The maximum atomic E-state index is 6.42. The molecule has 6 rings (SSSR count). The summed E-state index contributed by atoms with van der Waals surface area (Å²) in [6.45, 7) is 8.98. The average molecular weight is 448 g/mol. The second kappa shape index (κ2) is 7.29. The number of rotatable bonds is 2. The van der Waals surface area contributed by atoms with Crippen LogP contribution in [0.15, 0.2) is 83.4 Å². The van der Waals surface area contributed by atoms with Crippen molar-refractivity contribution in [2.75, 3.05) is 0 Å². The van der Waals surface area contributed by atoms with Crippen LogP contribution in [0.2, 0.25) is 0 Å². The van der Waals surface area contributed by atoms with Gasteiger partial charge in [-0.2, -0.15) is 0 Å². The summed E-state index contributed by atoms with van der Waals surface area (Å²) in [7, 11) is 0. The molecule has 0 amide bonds. The third-order valence-corrected chi connectivity index (χ3v) is 7.49. The lowest BCUT2D eigenvalue weighted by molar-refractivity contribution is 0.596. The van der Waals surface area contributed by atoms with Crippen LogP contribution in [-0.2, 0) is 5.41 Å². The molecule has 0 N–H and O–H groups in total. The minimum Gasteiger partial charge on any atom is -0.456 e. The second-order valence-corrected chi connectivity index (χ2v) is 11.0. The Labute approximate surface area is 197 Å². The van der Waals surface area contributed by atoms with Crippen molar-refractivity contribution < 1.29 is 4.42 Å². The largest absolute Gasteiger partial charge is 0.456 e. The zero-order valence-corrected chi connectivity index (χ0v) is 20.1. The minimum absolute atomic E-state index is 0.0256. The number of fused-ring (bicyclic) bond motifs is 3. The van der Waals surface area contributed by atoms with E-state index in [0.29, 0.717) is 0 Å². The molecule has 0 spiro atoms. The Kier molecular flexibility index (Phi) is 4.46. The molecule has 0 aliphatic heterocycles. The van der Waals surface area contributed by atoms with E-state index >= 15 is 0 Å². The molecule has 3 aromatic carbocycles. The number of thiophene rings is 1. The Hall–Kier alpha value is -3.43. The molecule has 0 aliphatic rings. The van der Waals surface area contributed by atoms with Crippen molar-refractivity contribution in [2.24, 2.45) is 0 Å². The van der Waals surface area contributed by atoms with Gasteiger partial charge >= 0.3 is 0 Å². The SMILES string of the molecule is Cc1sc2ccccc2c1-c1cc2c(-c3cc(C(C)(C)C)c4ccccc4c3)nccc2o1. The topological polar surface area (TPSA) is 26.0 Å². The number of pyridine rings is 1. The molecule has 0 unspecified atom stereocenters. The highest BCUT2D eigenvalue weighted by Crippen LogP contribution is 2.42. The number of nitrogens with zero attached hydrogens (tertiary/aromatic N) is 1. The Morgan fingerprint density at radius 2 is 1.58 bits per heavy atom. The molecule has 2 nitrogen and oxygen atoms in total. The van der Waals surface area contributed by atoms with E-state index in [0.717, 1.165) is 28.0 Å². The van der Waals surface area contributed by atoms with Crippen molar-refractivity contribution in [3.63, 3.8) is 0 Å². The summed E-state index contributed by atoms with van der Waals surface area (Å²) < 4.78 is 7.70. The monoisotopic (exact) mass is 447 g/mol. The molecular formula is C30H25NOS. The van der Waals surface area contributed by atoms with Gasteiger partial charge in [0.25, 0.3) is 0 Å². The molecule has 162 valence electrons. The molecule has 6 aromatic rings. The van der Waals surface area contributed by atoms with Crippen molar-refractivity contribution in [2.45, 2.75) is 33.1 Å². The highest BCUT2D eigenvalue weighted by atomic mass is 32.1. The van der Waals surface area contributed by atoms with Crippen LogP contribution in [0.3, 0.4) is 0 Å². The number of aromatic nitrogens is 1. The highest BCUT2D eigenvalue weighted by molar-refractivity contribution is 7.19. The van der Waals surface area contributed by atoms with E-state index in [2.05, 4.69) is 94.4 Å². The maximum Gasteiger partial charge on any atom is 0.138 e. The lowest BCUT2D eigenvalue weighted by Gasteiger charge is -2.22. The van der Waals surface area contributed by atoms with E-state index in [9.17, 15) is 0 Å². The number of benzene rings is 3. The van der Waals surface area contributed by atoms with Gasteiger partial charge in [0.05, 0.1) is 5.69 Å². The molecule has 0 atom stereocenters. The highest BCUT2D eigenvalue weighted by Gasteiger charge is 2.21. The van der Waals surface area contributed by atoms with Crippen LogP contribution >= 0.6 is 11.3 Å². The minimum atomic E-state index is 0.0256. The van der Waals surface area contributed by atoms with Gasteiger partial charge in [-0.3, -0.25) is 4.98 Å². The first-order valence-electron chi connectivity index (χ1n) is 11.3. The molecule has 0 radical (unpaired) electrons. The molecular weight excluding hydrogens is 422 g/mol. The summed E-state index contributed by atoms with van der Waals surface area (Å²) in [5.41, 5.74) is 5.51. The van der Waals surface area contributed by atoms with E-state index in [1.165, 1.54) is 36.9 Å². The number of furan rings is 1. The first-order chi connectivity index (χ1) is 15.9. The molecule has 0 aliphatic carbocycles. The van der Waals surface area contributed by atoms with Gasteiger partial charge in [0.1, 0.15) is 11.3 Å². The van der Waals surface area contributed by atoms with Gasteiger partial charge in [-0.15, -0.1) is 11.3 Å². The zero-order chi connectivity index (χ0) is 22.7. The van der Waals surface area contributed by atoms with Gasteiger partial charge < -0.3 is 4.42 Å². The van der Waals surface area contributed by atoms with Gasteiger partial charge in [-0.1, -0.05) is 63.2 Å². The van der Waals surface area contributed by atoms with Crippen molar-refractivity contribution in [3.05, 3.63) is 89.4 Å².